The Bertz CT molecular complexity index is 553. The maximum absolute atomic E-state index is 12.6. The minimum Gasteiger partial charge on any atom is -0.490 e. The highest BCUT2D eigenvalue weighted by molar-refractivity contribution is 5.95. The van der Waals surface area contributed by atoms with Crippen molar-refractivity contribution in [2.45, 2.75) is 25.3 Å². The van der Waals surface area contributed by atoms with E-state index in [1.807, 2.05) is 0 Å². The summed E-state index contributed by atoms with van der Waals surface area (Å²) in [4.78, 5) is 24.7. The molecular weight excluding hydrogens is 310 g/mol. The SMILES string of the molecule is COc1cc(C(=O)N2CCCCC2CN)ccc1[N+](=O)[O-].Cl. The van der Waals surface area contributed by atoms with Crippen LogP contribution in [0.3, 0.4) is 0 Å². The number of amides is 1. The number of halogens is 1. The highest BCUT2D eigenvalue weighted by atomic mass is 35.5. The lowest BCUT2D eigenvalue weighted by atomic mass is 10.0. The maximum Gasteiger partial charge on any atom is 0.310 e. The normalized spacial score (nSPS) is 17.5. The van der Waals surface area contributed by atoms with Crippen molar-refractivity contribution in [3.8, 4) is 5.75 Å². The van der Waals surface area contributed by atoms with Crippen LogP contribution in [0.5, 0.6) is 5.75 Å². The van der Waals surface area contributed by atoms with E-state index >= 15 is 0 Å². The Morgan fingerprint density at radius 1 is 1.50 bits per heavy atom. The second-order valence-corrected chi connectivity index (χ2v) is 5.03. The lowest BCUT2D eigenvalue weighted by Gasteiger charge is -2.35. The monoisotopic (exact) mass is 329 g/mol. The predicted molar refractivity (Wildman–Crippen MR) is 84.6 cm³/mol. The molecule has 0 radical (unpaired) electrons. The summed E-state index contributed by atoms with van der Waals surface area (Å²) in [5.41, 5.74) is 5.96. The van der Waals surface area contributed by atoms with Crippen LogP contribution in [0, 0.1) is 10.1 Å². The van der Waals surface area contributed by atoms with Gasteiger partial charge in [-0.1, -0.05) is 0 Å². The summed E-state index contributed by atoms with van der Waals surface area (Å²) >= 11 is 0. The zero-order valence-electron chi connectivity index (χ0n) is 12.4. The van der Waals surface area contributed by atoms with Gasteiger partial charge < -0.3 is 15.4 Å². The Kier molecular flexibility index (Phi) is 6.58. The first-order valence-electron chi connectivity index (χ1n) is 6.92. The second kappa shape index (κ2) is 7.95. The van der Waals surface area contributed by atoms with Crippen molar-refractivity contribution in [2.75, 3.05) is 20.2 Å². The van der Waals surface area contributed by atoms with Crippen LogP contribution in [0.2, 0.25) is 0 Å². The summed E-state index contributed by atoms with van der Waals surface area (Å²) in [6, 6.07) is 4.22. The molecule has 1 aromatic rings. The van der Waals surface area contributed by atoms with Crippen LogP contribution in [-0.4, -0.2) is 42.0 Å². The van der Waals surface area contributed by atoms with Crippen molar-refractivity contribution >= 4 is 24.0 Å². The number of ether oxygens (including phenoxy) is 1. The Labute approximate surface area is 135 Å². The number of piperidine rings is 1. The molecule has 0 saturated carbocycles. The molecule has 0 aliphatic carbocycles. The Balaban J connectivity index is 0.00000242. The van der Waals surface area contributed by atoms with E-state index in [9.17, 15) is 14.9 Å². The van der Waals surface area contributed by atoms with Gasteiger partial charge in [-0.25, -0.2) is 0 Å². The molecule has 1 heterocycles. The number of nitrogens with two attached hydrogens (primary N) is 1. The molecule has 22 heavy (non-hydrogen) atoms. The summed E-state index contributed by atoms with van der Waals surface area (Å²) in [6.07, 6.45) is 2.91. The summed E-state index contributed by atoms with van der Waals surface area (Å²) in [5, 5.41) is 10.9. The number of nitro benzene ring substituents is 1. The molecule has 1 aliphatic heterocycles. The smallest absolute Gasteiger partial charge is 0.310 e. The average molecular weight is 330 g/mol. The number of nitro groups is 1. The fourth-order valence-electron chi connectivity index (χ4n) is 2.64. The van der Waals surface area contributed by atoms with Crippen molar-refractivity contribution in [2.24, 2.45) is 5.73 Å². The fourth-order valence-corrected chi connectivity index (χ4v) is 2.64. The van der Waals surface area contributed by atoms with Gasteiger partial charge in [0, 0.05) is 36.8 Å². The van der Waals surface area contributed by atoms with Crippen LogP contribution in [0.15, 0.2) is 18.2 Å². The van der Waals surface area contributed by atoms with Gasteiger partial charge in [-0.15, -0.1) is 12.4 Å². The minimum atomic E-state index is -0.531. The minimum absolute atomic E-state index is 0. The van der Waals surface area contributed by atoms with Crippen LogP contribution < -0.4 is 10.5 Å². The Morgan fingerprint density at radius 3 is 2.82 bits per heavy atom. The van der Waals surface area contributed by atoms with Crippen LogP contribution in [0.4, 0.5) is 5.69 Å². The van der Waals surface area contributed by atoms with Crippen molar-refractivity contribution in [1.29, 1.82) is 0 Å². The first-order valence-corrected chi connectivity index (χ1v) is 6.92. The molecule has 1 saturated heterocycles. The molecule has 2 rings (SSSR count). The van der Waals surface area contributed by atoms with Crippen LogP contribution in [0.25, 0.3) is 0 Å². The third kappa shape index (κ3) is 3.66. The van der Waals surface area contributed by atoms with Gasteiger partial charge >= 0.3 is 5.69 Å². The van der Waals surface area contributed by atoms with Gasteiger partial charge in [0.15, 0.2) is 5.75 Å². The van der Waals surface area contributed by atoms with E-state index in [4.69, 9.17) is 10.5 Å². The number of likely N-dealkylation sites (tertiary alicyclic amines) is 1. The second-order valence-electron chi connectivity index (χ2n) is 5.03. The number of carbonyl (C=O) groups is 1. The van der Waals surface area contributed by atoms with Crippen LogP contribution in [-0.2, 0) is 0 Å². The number of nitrogens with zero attached hydrogens (tertiary/aromatic N) is 2. The van der Waals surface area contributed by atoms with E-state index in [0.717, 1.165) is 19.3 Å². The van der Waals surface area contributed by atoms with Gasteiger partial charge in [0.2, 0.25) is 0 Å². The molecular formula is C14H20ClN3O4. The highest BCUT2D eigenvalue weighted by Crippen LogP contribution is 2.29. The maximum atomic E-state index is 12.6. The summed E-state index contributed by atoms with van der Waals surface area (Å²) in [7, 11) is 1.35. The van der Waals surface area contributed by atoms with E-state index < -0.39 is 4.92 Å². The zero-order valence-corrected chi connectivity index (χ0v) is 13.2. The van der Waals surface area contributed by atoms with Gasteiger partial charge in [0.1, 0.15) is 0 Å². The molecule has 0 bridgehead atoms. The van der Waals surface area contributed by atoms with E-state index in [1.165, 1.54) is 25.3 Å². The van der Waals surface area contributed by atoms with Gasteiger partial charge in [-0.3, -0.25) is 14.9 Å². The molecule has 7 nitrogen and oxygen atoms in total. The van der Waals surface area contributed by atoms with Crippen LogP contribution in [0.1, 0.15) is 29.6 Å². The summed E-state index contributed by atoms with van der Waals surface area (Å²) in [5.74, 6) is -0.0643. The average Bonchev–Trinajstić information content (AvgIpc) is 2.53. The molecule has 122 valence electrons. The highest BCUT2D eigenvalue weighted by Gasteiger charge is 2.27. The van der Waals surface area contributed by atoms with E-state index in [0.29, 0.717) is 18.7 Å². The molecule has 1 unspecified atom stereocenters. The van der Waals surface area contributed by atoms with Gasteiger partial charge in [0.05, 0.1) is 12.0 Å². The fraction of sp³-hybridized carbons (Fsp3) is 0.500. The molecule has 0 aromatic heterocycles. The Hall–Kier alpha value is -1.86. The van der Waals surface area contributed by atoms with Crippen molar-refractivity contribution in [1.82, 2.24) is 4.90 Å². The van der Waals surface area contributed by atoms with Crippen molar-refractivity contribution < 1.29 is 14.5 Å². The number of hydrogen-bond acceptors (Lipinski definition) is 5. The van der Waals surface area contributed by atoms with E-state index in [1.54, 1.807) is 4.90 Å². The molecule has 1 aliphatic rings. The third-order valence-electron chi connectivity index (χ3n) is 3.78. The van der Waals surface area contributed by atoms with Gasteiger partial charge in [-0.05, 0) is 25.3 Å². The lowest BCUT2D eigenvalue weighted by molar-refractivity contribution is -0.385. The summed E-state index contributed by atoms with van der Waals surface area (Å²) in [6.45, 7) is 1.09. The van der Waals surface area contributed by atoms with Crippen molar-refractivity contribution in [3.63, 3.8) is 0 Å². The zero-order chi connectivity index (χ0) is 15.4. The molecule has 1 atom stereocenters. The number of hydrogen-bond donors (Lipinski definition) is 1. The van der Waals surface area contributed by atoms with Crippen LogP contribution >= 0.6 is 12.4 Å². The third-order valence-corrected chi connectivity index (χ3v) is 3.78. The van der Waals surface area contributed by atoms with Crippen molar-refractivity contribution in [3.05, 3.63) is 33.9 Å². The number of rotatable bonds is 4. The van der Waals surface area contributed by atoms with Gasteiger partial charge in [-0.2, -0.15) is 0 Å². The molecule has 2 N–H and O–H groups in total. The molecule has 1 aromatic carbocycles. The standard InChI is InChI=1S/C14H19N3O4.ClH/c1-21-13-8-10(5-6-12(13)17(19)20)14(18)16-7-3-2-4-11(16)9-15;/h5-6,8,11H,2-4,7,9,15H2,1H3;1H. The number of methoxy groups -OCH3 is 1. The number of benzene rings is 1. The quantitative estimate of drug-likeness (QED) is 0.672. The largest absolute Gasteiger partial charge is 0.490 e. The Morgan fingerprint density at radius 2 is 2.23 bits per heavy atom. The predicted octanol–water partition coefficient (Wildman–Crippen LogP) is 1.98. The van der Waals surface area contributed by atoms with E-state index in [-0.39, 0.29) is 35.8 Å². The number of carbonyl (C=O) groups excluding carboxylic acids is 1. The molecule has 1 amide bonds. The van der Waals surface area contributed by atoms with E-state index in [2.05, 4.69) is 0 Å². The molecule has 8 heteroatoms. The topological polar surface area (TPSA) is 98.7 Å². The first kappa shape index (κ1) is 18.2. The van der Waals surface area contributed by atoms with Gasteiger partial charge in [0.25, 0.3) is 5.91 Å². The molecule has 1 fully saturated rings. The summed E-state index contributed by atoms with van der Waals surface area (Å²) < 4.78 is 5.00. The lowest BCUT2D eigenvalue weighted by Crippen LogP contribution is -2.47. The first-order chi connectivity index (χ1) is 10.1. The molecule has 0 spiro atoms.